The Balaban J connectivity index is 1.39. The molecule has 0 bridgehead atoms. The standard InChI is InChI=1S/C18H20FN5O/c1-12(18-21-17(22-25-18)14-3-4-14)23-6-8-24(9-7-23)16-5-2-13(11-20)10-15(16)19/h2,5,10,12,14H,3-4,6-9H2,1H3/t12-/m1/s1. The van der Waals surface area contributed by atoms with Crippen molar-refractivity contribution in [3.63, 3.8) is 0 Å². The summed E-state index contributed by atoms with van der Waals surface area (Å²) in [7, 11) is 0. The maximum Gasteiger partial charge on any atom is 0.243 e. The fraction of sp³-hybridized carbons (Fsp3) is 0.500. The summed E-state index contributed by atoms with van der Waals surface area (Å²) in [5.41, 5.74) is 0.900. The fourth-order valence-corrected chi connectivity index (χ4v) is 3.26. The van der Waals surface area contributed by atoms with E-state index in [1.807, 2.05) is 11.0 Å². The zero-order chi connectivity index (χ0) is 17.4. The second-order valence-corrected chi connectivity index (χ2v) is 6.74. The number of hydrogen-bond acceptors (Lipinski definition) is 6. The van der Waals surface area contributed by atoms with Gasteiger partial charge < -0.3 is 9.42 Å². The summed E-state index contributed by atoms with van der Waals surface area (Å²) in [5.74, 6) is 1.65. The molecule has 2 aliphatic rings. The molecule has 2 aromatic rings. The van der Waals surface area contributed by atoms with Crippen LogP contribution in [0, 0.1) is 17.1 Å². The van der Waals surface area contributed by atoms with Gasteiger partial charge in [0.15, 0.2) is 5.82 Å². The van der Waals surface area contributed by atoms with E-state index in [9.17, 15) is 4.39 Å². The van der Waals surface area contributed by atoms with E-state index in [-0.39, 0.29) is 11.9 Å². The van der Waals surface area contributed by atoms with Gasteiger partial charge in [0.1, 0.15) is 5.82 Å². The van der Waals surface area contributed by atoms with Crippen LogP contribution in [0.3, 0.4) is 0 Å². The van der Waals surface area contributed by atoms with E-state index in [1.165, 1.54) is 6.07 Å². The predicted molar refractivity (Wildman–Crippen MR) is 89.6 cm³/mol. The molecule has 7 heteroatoms. The number of nitriles is 1. The molecule has 1 aliphatic heterocycles. The summed E-state index contributed by atoms with van der Waals surface area (Å²) in [6.45, 7) is 5.10. The predicted octanol–water partition coefficient (Wildman–Crippen LogP) is 2.84. The monoisotopic (exact) mass is 341 g/mol. The number of hydrogen-bond donors (Lipinski definition) is 0. The molecular weight excluding hydrogens is 321 g/mol. The Morgan fingerprint density at radius 3 is 2.68 bits per heavy atom. The van der Waals surface area contributed by atoms with Gasteiger partial charge in [0.05, 0.1) is 23.4 Å². The Kier molecular flexibility index (Phi) is 4.14. The van der Waals surface area contributed by atoms with Gasteiger partial charge in [-0.15, -0.1) is 0 Å². The smallest absolute Gasteiger partial charge is 0.243 e. The lowest BCUT2D eigenvalue weighted by Crippen LogP contribution is -2.47. The molecule has 2 heterocycles. The van der Waals surface area contributed by atoms with Crippen molar-refractivity contribution < 1.29 is 8.91 Å². The first kappa shape index (κ1) is 16.0. The molecule has 0 radical (unpaired) electrons. The number of nitrogens with zero attached hydrogens (tertiary/aromatic N) is 5. The average Bonchev–Trinajstić information content (AvgIpc) is 3.38. The first-order chi connectivity index (χ1) is 12.2. The van der Waals surface area contributed by atoms with Crippen LogP contribution in [-0.4, -0.2) is 41.2 Å². The summed E-state index contributed by atoms with van der Waals surface area (Å²) in [6, 6.07) is 6.66. The van der Waals surface area contributed by atoms with Crippen LogP contribution in [0.25, 0.3) is 0 Å². The highest BCUT2D eigenvalue weighted by Crippen LogP contribution is 2.38. The van der Waals surface area contributed by atoms with Crippen molar-refractivity contribution in [3.8, 4) is 6.07 Å². The van der Waals surface area contributed by atoms with Crippen LogP contribution in [0.2, 0.25) is 0 Å². The topological polar surface area (TPSA) is 69.2 Å². The summed E-state index contributed by atoms with van der Waals surface area (Å²) in [4.78, 5) is 8.83. The highest BCUT2D eigenvalue weighted by Gasteiger charge is 2.31. The SMILES string of the molecule is C[C@H](c1nc(C2CC2)no1)N1CCN(c2ccc(C#N)cc2F)CC1. The van der Waals surface area contributed by atoms with Crippen LogP contribution in [0.1, 0.15) is 49.0 Å². The Hall–Kier alpha value is -2.46. The van der Waals surface area contributed by atoms with Gasteiger partial charge in [-0.1, -0.05) is 5.16 Å². The Labute approximate surface area is 145 Å². The highest BCUT2D eigenvalue weighted by molar-refractivity contribution is 5.51. The normalized spacial score (nSPS) is 19.6. The molecule has 1 aromatic heterocycles. The lowest BCUT2D eigenvalue weighted by molar-refractivity contribution is 0.164. The lowest BCUT2D eigenvalue weighted by Gasteiger charge is -2.38. The van der Waals surface area contributed by atoms with Gasteiger partial charge >= 0.3 is 0 Å². The molecule has 25 heavy (non-hydrogen) atoms. The van der Waals surface area contributed by atoms with Gasteiger partial charge in [-0.05, 0) is 38.0 Å². The van der Waals surface area contributed by atoms with Gasteiger partial charge in [0.25, 0.3) is 0 Å². The highest BCUT2D eigenvalue weighted by atomic mass is 19.1. The molecule has 0 unspecified atom stereocenters. The number of anilines is 1. The van der Waals surface area contributed by atoms with Crippen LogP contribution in [0.15, 0.2) is 22.7 Å². The van der Waals surface area contributed by atoms with E-state index in [4.69, 9.17) is 9.78 Å². The van der Waals surface area contributed by atoms with Crippen molar-refractivity contribution in [1.29, 1.82) is 5.26 Å². The van der Waals surface area contributed by atoms with Gasteiger partial charge in [0, 0.05) is 32.1 Å². The largest absolute Gasteiger partial charge is 0.367 e. The summed E-state index contributed by atoms with van der Waals surface area (Å²) < 4.78 is 19.6. The third kappa shape index (κ3) is 3.22. The van der Waals surface area contributed by atoms with E-state index in [2.05, 4.69) is 22.0 Å². The number of piperazine rings is 1. The van der Waals surface area contributed by atoms with Crippen molar-refractivity contribution in [2.75, 3.05) is 31.1 Å². The maximum atomic E-state index is 14.2. The van der Waals surface area contributed by atoms with E-state index in [1.54, 1.807) is 12.1 Å². The molecule has 0 N–H and O–H groups in total. The molecule has 0 spiro atoms. The number of aromatic nitrogens is 2. The van der Waals surface area contributed by atoms with Crippen molar-refractivity contribution in [2.45, 2.75) is 31.7 Å². The van der Waals surface area contributed by atoms with Crippen LogP contribution in [0.4, 0.5) is 10.1 Å². The first-order valence-electron chi connectivity index (χ1n) is 8.68. The average molecular weight is 341 g/mol. The summed E-state index contributed by atoms with van der Waals surface area (Å²) in [5, 5.41) is 12.9. The first-order valence-corrected chi connectivity index (χ1v) is 8.68. The van der Waals surface area contributed by atoms with Gasteiger partial charge in [-0.25, -0.2) is 4.39 Å². The van der Waals surface area contributed by atoms with Gasteiger partial charge in [-0.3, -0.25) is 4.90 Å². The van der Waals surface area contributed by atoms with Crippen molar-refractivity contribution in [2.24, 2.45) is 0 Å². The van der Waals surface area contributed by atoms with Gasteiger partial charge in [0.2, 0.25) is 5.89 Å². The molecular formula is C18H20FN5O. The van der Waals surface area contributed by atoms with Crippen molar-refractivity contribution in [3.05, 3.63) is 41.3 Å². The molecule has 2 fully saturated rings. The van der Waals surface area contributed by atoms with Crippen molar-refractivity contribution >= 4 is 5.69 Å². The Bertz CT molecular complexity index is 802. The van der Waals surface area contributed by atoms with Gasteiger partial charge in [-0.2, -0.15) is 10.2 Å². The molecule has 6 nitrogen and oxygen atoms in total. The Morgan fingerprint density at radius 2 is 2.04 bits per heavy atom. The minimum atomic E-state index is -0.341. The number of benzene rings is 1. The molecule has 1 saturated carbocycles. The minimum Gasteiger partial charge on any atom is -0.367 e. The van der Waals surface area contributed by atoms with Crippen LogP contribution in [0.5, 0.6) is 0 Å². The quantitative estimate of drug-likeness (QED) is 0.852. The van der Waals surface area contributed by atoms with Crippen LogP contribution in [-0.2, 0) is 0 Å². The molecule has 1 aromatic carbocycles. The molecule has 1 saturated heterocycles. The summed E-state index contributed by atoms with van der Waals surface area (Å²) >= 11 is 0. The Morgan fingerprint density at radius 1 is 1.28 bits per heavy atom. The molecule has 0 amide bonds. The number of halogens is 1. The third-order valence-electron chi connectivity index (χ3n) is 5.04. The maximum absolute atomic E-state index is 14.2. The summed E-state index contributed by atoms with van der Waals surface area (Å²) in [6.07, 6.45) is 2.31. The van der Waals surface area contributed by atoms with E-state index in [0.29, 0.717) is 23.1 Å². The molecule has 4 rings (SSSR count). The zero-order valence-corrected chi connectivity index (χ0v) is 14.2. The number of rotatable bonds is 4. The third-order valence-corrected chi connectivity index (χ3v) is 5.04. The second kappa shape index (κ2) is 6.45. The van der Waals surface area contributed by atoms with Crippen LogP contribution < -0.4 is 4.90 Å². The minimum absolute atomic E-state index is 0.0629. The molecule has 1 atom stereocenters. The van der Waals surface area contributed by atoms with E-state index in [0.717, 1.165) is 44.8 Å². The van der Waals surface area contributed by atoms with E-state index >= 15 is 0 Å². The van der Waals surface area contributed by atoms with E-state index < -0.39 is 0 Å². The lowest BCUT2D eigenvalue weighted by atomic mass is 10.1. The second-order valence-electron chi connectivity index (χ2n) is 6.74. The van der Waals surface area contributed by atoms with Crippen molar-refractivity contribution in [1.82, 2.24) is 15.0 Å². The molecule has 1 aliphatic carbocycles. The molecule has 130 valence electrons. The fourth-order valence-electron chi connectivity index (χ4n) is 3.26. The zero-order valence-electron chi connectivity index (χ0n) is 14.2. The van der Waals surface area contributed by atoms with Crippen LogP contribution >= 0.6 is 0 Å².